The predicted molar refractivity (Wildman–Crippen MR) is 160 cm³/mol. The lowest BCUT2D eigenvalue weighted by Crippen LogP contribution is -2.31. The number of nitrogens with zero attached hydrogens (tertiary/aromatic N) is 5. The molecule has 0 bridgehead atoms. The summed E-state index contributed by atoms with van der Waals surface area (Å²) >= 11 is 1.11. The standard InChI is InChI=1S/C29H25F4N7O3S/c1-16(2)21-10-5-18(34-3)13-24(21)40-25(41)14-44-28(40)37-27(42)36-23-11-4-17(12-22(23)30)26-35-15-39(38-26)19-6-8-20(9-7-19)43-29(31,32)33/h4-13,15-16,34H,14H2,1-3H3,(H,36,42)/b37-28-. The van der Waals surface area contributed by atoms with Gasteiger partial charge in [-0.05, 0) is 66.1 Å². The number of urea groups is 1. The van der Waals surface area contributed by atoms with E-state index in [2.05, 4.69) is 30.4 Å². The highest BCUT2D eigenvalue weighted by Gasteiger charge is 2.33. The van der Waals surface area contributed by atoms with E-state index >= 15 is 4.39 Å². The largest absolute Gasteiger partial charge is 0.573 e. The van der Waals surface area contributed by atoms with Gasteiger partial charge in [0.2, 0.25) is 5.91 Å². The number of hydrogen-bond donors (Lipinski definition) is 2. The minimum atomic E-state index is -4.81. The van der Waals surface area contributed by atoms with Crippen molar-refractivity contribution in [1.29, 1.82) is 0 Å². The molecular weight excluding hydrogens is 602 g/mol. The maximum absolute atomic E-state index is 15.0. The number of amides is 3. The molecule has 1 aliphatic heterocycles. The van der Waals surface area contributed by atoms with E-state index in [-0.39, 0.29) is 45.6 Å². The first kappa shape index (κ1) is 30.5. The molecule has 0 saturated carbocycles. The molecule has 0 aliphatic carbocycles. The second kappa shape index (κ2) is 12.4. The van der Waals surface area contributed by atoms with Crippen molar-refractivity contribution in [3.8, 4) is 22.8 Å². The second-order valence-electron chi connectivity index (χ2n) is 9.77. The lowest BCUT2D eigenvalue weighted by Gasteiger charge is -2.22. The van der Waals surface area contributed by atoms with Gasteiger partial charge in [-0.15, -0.1) is 18.3 Å². The van der Waals surface area contributed by atoms with Gasteiger partial charge < -0.3 is 15.4 Å². The lowest BCUT2D eigenvalue weighted by molar-refractivity contribution is -0.274. The quantitative estimate of drug-likeness (QED) is 0.217. The molecule has 0 radical (unpaired) electrons. The summed E-state index contributed by atoms with van der Waals surface area (Å²) in [6.07, 6.45) is -3.49. The smallest absolute Gasteiger partial charge is 0.406 e. The summed E-state index contributed by atoms with van der Waals surface area (Å²) in [7, 11) is 1.76. The number of aliphatic imine (C=N–C) groups is 1. The molecule has 3 aromatic carbocycles. The fraction of sp³-hybridized carbons (Fsp3) is 0.207. The molecule has 228 valence electrons. The number of carbonyl (C=O) groups is 2. The molecule has 5 rings (SSSR count). The molecule has 10 nitrogen and oxygen atoms in total. The first-order valence-electron chi connectivity index (χ1n) is 13.2. The molecule has 0 unspecified atom stereocenters. The summed E-state index contributed by atoms with van der Waals surface area (Å²) in [6, 6.07) is 13.7. The van der Waals surface area contributed by atoms with Crippen molar-refractivity contribution in [2.24, 2.45) is 4.99 Å². The summed E-state index contributed by atoms with van der Waals surface area (Å²) in [5.41, 5.74) is 2.84. The Labute approximate surface area is 253 Å². The van der Waals surface area contributed by atoms with Crippen LogP contribution >= 0.6 is 11.8 Å². The number of amidine groups is 1. The number of aromatic nitrogens is 3. The molecule has 0 atom stereocenters. The number of hydrogen-bond acceptors (Lipinski definition) is 7. The first-order chi connectivity index (χ1) is 20.9. The van der Waals surface area contributed by atoms with Crippen LogP contribution in [-0.2, 0) is 4.79 Å². The second-order valence-corrected chi connectivity index (χ2v) is 10.7. The van der Waals surface area contributed by atoms with Crippen molar-refractivity contribution in [1.82, 2.24) is 14.8 Å². The molecule has 4 aromatic rings. The third kappa shape index (κ3) is 6.83. The van der Waals surface area contributed by atoms with Crippen molar-refractivity contribution < 1.29 is 31.9 Å². The van der Waals surface area contributed by atoms with Gasteiger partial charge in [0.05, 0.1) is 22.8 Å². The summed E-state index contributed by atoms with van der Waals surface area (Å²) in [5.74, 6) is -1.07. The van der Waals surface area contributed by atoms with Gasteiger partial charge in [0, 0.05) is 18.3 Å². The maximum atomic E-state index is 15.0. The molecule has 1 fully saturated rings. The summed E-state index contributed by atoms with van der Waals surface area (Å²) in [6.45, 7) is 3.99. The molecular formula is C29H25F4N7O3S. The number of nitrogens with one attached hydrogen (secondary N) is 2. The molecule has 3 amide bonds. The average Bonchev–Trinajstić information content (AvgIpc) is 3.60. The van der Waals surface area contributed by atoms with Crippen LogP contribution in [0, 0.1) is 5.82 Å². The van der Waals surface area contributed by atoms with Gasteiger partial charge in [-0.3, -0.25) is 9.69 Å². The van der Waals surface area contributed by atoms with E-state index in [9.17, 15) is 22.8 Å². The van der Waals surface area contributed by atoms with Crippen molar-refractivity contribution in [2.75, 3.05) is 28.3 Å². The molecule has 2 heterocycles. The summed E-state index contributed by atoms with van der Waals surface area (Å²) in [5, 5.41) is 9.88. The number of alkyl halides is 3. The summed E-state index contributed by atoms with van der Waals surface area (Å²) < 4.78 is 57.4. The zero-order valence-corrected chi connectivity index (χ0v) is 24.3. The number of anilines is 3. The fourth-order valence-electron chi connectivity index (χ4n) is 4.37. The molecule has 1 saturated heterocycles. The van der Waals surface area contributed by atoms with E-state index in [0.29, 0.717) is 11.4 Å². The maximum Gasteiger partial charge on any atom is 0.573 e. The van der Waals surface area contributed by atoms with Gasteiger partial charge in [0.15, 0.2) is 11.0 Å². The van der Waals surface area contributed by atoms with Crippen LogP contribution in [0.5, 0.6) is 5.75 Å². The number of thioether (sulfide) groups is 1. The Hall–Kier alpha value is -4.92. The van der Waals surface area contributed by atoms with E-state index in [1.165, 1.54) is 40.2 Å². The molecule has 1 aromatic heterocycles. The minimum Gasteiger partial charge on any atom is -0.406 e. The van der Waals surface area contributed by atoms with Gasteiger partial charge in [-0.2, -0.15) is 4.99 Å². The van der Waals surface area contributed by atoms with Crippen LogP contribution in [0.25, 0.3) is 17.1 Å². The number of rotatable bonds is 7. The average molecular weight is 628 g/mol. The molecule has 0 spiro atoms. The number of halogens is 4. The van der Waals surface area contributed by atoms with Crippen LogP contribution < -0.4 is 20.3 Å². The van der Waals surface area contributed by atoms with Crippen LogP contribution in [0.15, 0.2) is 72.0 Å². The Morgan fingerprint density at radius 3 is 2.50 bits per heavy atom. The van der Waals surface area contributed by atoms with Crippen LogP contribution in [0.3, 0.4) is 0 Å². The number of carbonyl (C=O) groups excluding carboxylic acids is 2. The SMILES string of the molecule is CNc1ccc(C(C)C)c(N2C(=O)CS/C2=N\C(=O)Nc2ccc(-c3ncn(-c4ccc(OC(F)(F)F)cc4)n3)cc2F)c1. The molecule has 15 heteroatoms. The Bertz CT molecular complexity index is 1740. The van der Waals surface area contributed by atoms with E-state index in [1.807, 2.05) is 32.0 Å². The monoisotopic (exact) mass is 627 g/mol. The van der Waals surface area contributed by atoms with E-state index in [1.54, 1.807) is 7.05 Å². The Morgan fingerprint density at radius 2 is 1.84 bits per heavy atom. The normalized spacial score (nSPS) is 14.4. The third-order valence-electron chi connectivity index (χ3n) is 6.44. The van der Waals surface area contributed by atoms with Gasteiger partial charge in [-0.1, -0.05) is 31.7 Å². The lowest BCUT2D eigenvalue weighted by atomic mass is 10.00. The topological polar surface area (TPSA) is 114 Å². The molecule has 44 heavy (non-hydrogen) atoms. The minimum absolute atomic E-state index is 0.0938. The Balaban J connectivity index is 1.31. The van der Waals surface area contributed by atoms with Crippen LogP contribution in [-0.4, -0.2) is 51.0 Å². The third-order valence-corrected chi connectivity index (χ3v) is 7.36. The molecule has 1 aliphatic rings. The highest BCUT2D eigenvalue weighted by Crippen LogP contribution is 2.35. The van der Waals surface area contributed by atoms with Gasteiger partial charge in [0.1, 0.15) is 17.9 Å². The van der Waals surface area contributed by atoms with E-state index in [0.717, 1.165) is 41.2 Å². The van der Waals surface area contributed by atoms with Crippen molar-refractivity contribution in [2.45, 2.75) is 26.1 Å². The molecule has 2 N–H and O–H groups in total. The number of benzene rings is 3. The van der Waals surface area contributed by atoms with Gasteiger partial charge in [-0.25, -0.2) is 18.9 Å². The van der Waals surface area contributed by atoms with Gasteiger partial charge in [0.25, 0.3) is 0 Å². The highest BCUT2D eigenvalue weighted by molar-refractivity contribution is 8.15. The van der Waals surface area contributed by atoms with E-state index in [4.69, 9.17) is 0 Å². The number of ether oxygens (including phenoxy) is 1. The predicted octanol–water partition coefficient (Wildman–Crippen LogP) is 6.81. The zero-order chi connectivity index (χ0) is 31.6. The van der Waals surface area contributed by atoms with Crippen LogP contribution in [0.2, 0.25) is 0 Å². The summed E-state index contributed by atoms with van der Waals surface area (Å²) in [4.78, 5) is 35.3. The highest BCUT2D eigenvalue weighted by atomic mass is 32.2. The Kier molecular flexibility index (Phi) is 8.58. The Morgan fingerprint density at radius 1 is 1.09 bits per heavy atom. The van der Waals surface area contributed by atoms with Crippen LogP contribution in [0.4, 0.5) is 39.4 Å². The fourth-order valence-corrected chi connectivity index (χ4v) is 5.23. The zero-order valence-electron chi connectivity index (χ0n) is 23.5. The van der Waals surface area contributed by atoms with Crippen molar-refractivity contribution >= 4 is 45.9 Å². The van der Waals surface area contributed by atoms with Crippen LogP contribution in [0.1, 0.15) is 25.3 Å². The van der Waals surface area contributed by atoms with Crippen molar-refractivity contribution in [3.05, 3.63) is 78.4 Å². The van der Waals surface area contributed by atoms with Crippen molar-refractivity contribution in [3.63, 3.8) is 0 Å². The van der Waals surface area contributed by atoms with Gasteiger partial charge >= 0.3 is 12.4 Å². The van der Waals surface area contributed by atoms with E-state index < -0.39 is 18.2 Å². The first-order valence-corrected chi connectivity index (χ1v) is 14.2.